The van der Waals surface area contributed by atoms with Crippen LogP contribution in [-0.4, -0.2) is 10.8 Å². The van der Waals surface area contributed by atoms with Crippen LogP contribution in [0.3, 0.4) is 0 Å². The summed E-state index contributed by atoms with van der Waals surface area (Å²) < 4.78 is 0. The maximum absolute atomic E-state index is 11.3. The van der Waals surface area contributed by atoms with Crippen LogP contribution in [0, 0.1) is 0 Å². The molecular weight excluding hydrogens is 320 g/mol. The topological polar surface area (TPSA) is 80.7 Å². The Morgan fingerprint density at radius 1 is 1.21 bits per heavy atom. The van der Waals surface area contributed by atoms with Crippen LogP contribution in [0.15, 0.2) is 64.1 Å². The van der Waals surface area contributed by atoms with E-state index in [1.807, 2.05) is 41.8 Å². The second kappa shape index (κ2) is 7.14. The Bertz CT molecular complexity index is 887. The Morgan fingerprint density at radius 2 is 2.00 bits per heavy atom. The van der Waals surface area contributed by atoms with E-state index in [2.05, 4.69) is 15.2 Å². The number of hydrogen-bond donors (Lipinski definition) is 1. The Labute approximate surface area is 143 Å². The van der Waals surface area contributed by atoms with Crippen LogP contribution < -0.4 is 5.73 Å². The molecule has 120 valence electrons. The number of nitrogen functional groups attached to an aromatic ring is 1. The third kappa shape index (κ3) is 3.72. The van der Waals surface area contributed by atoms with Crippen LogP contribution in [0.2, 0.25) is 0 Å². The van der Waals surface area contributed by atoms with Crippen molar-refractivity contribution in [3.8, 4) is 11.3 Å². The van der Waals surface area contributed by atoms with E-state index in [4.69, 9.17) is 5.73 Å². The molecule has 0 atom stereocenters. The van der Waals surface area contributed by atoms with Gasteiger partial charge in [0.2, 0.25) is 5.13 Å². The molecule has 1 heterocycles. The van der Waals surface area contributed by atoms with Crippen molar-refractivity contribution in [3.05, 3.63) is 65.0 Å². The summed E-state index contributed by atoms with van der Waals surface area (Å²) in [5.74, 6) is -0.00824. The van der Waals surface area contributed by atoms with Crippen molar-refractivity contribution in [1.82, 2.24) is 4.98 Å². The van der Waals surface area contributed by atoms with E-state index >= 15 is 0 Å². The lowest BCUT2D eigenvalue weighted by molar-refractivity contribution is 0.101. The van der Waals surface area contributed by atoms with Crippen LogP contribution in [0.5, 0.6) is 0 Å². The Hall–Kier alpha value is -2.86. The number of carbonyl (C=O) groups excluding carboxylic acids is 1. The molecule has 3 rings (SSSR count). The monoisotopic (exact) mass is 336 g/mol. The number of ketones is 1. The number of carbonyl (C=O) groups is 1. The fourth-order valence-corrected chi connectivity index (χ4v) is 2.84. The molecule has 6 heteroatoms. The Kier molecular flexibility index (Phi) is 4.77. The van der Waals surface area contributed by atoms with Gasteiger partial charge in [0.25, 0.3) is 0 Å². The number of nitrogens with two attached hydrogens (primary N) is 1. The van der Waals surface area contributed by atoms with E-state index in [0.29, 0.717) is 22.9 Å². The number of benzene rings is 2. The first-order valence-corrected chi connectivity index (χ1v) is 8.29. The summed E-state index contributed by atoms with van der Waals surface area (Å²) in [5.41, 5.74) is 9.88. The van der Waals surface area contributed by atoms with E-state index in [1.165, 1.54) is 18.3 Å². The highest BCUT2D eigenvalue weighted by Crippen LogP contribution is 2.27. The smallest absolute Gasteiger partial charge is 0.230 e. The fourth-order valence-electron chi connectivity index (χ4n) is 2.18. The molecule has 0 aliphatic carbocycles. The standard InChI is InChI=1S/C18H16N4OS/c1-12(23)14-7-8-15(16(19)9-14)10-20-22-18-21-17(11-24-18)13-5-3-2-4-6-13/h2-9,11H,10,19H2,1H3. The first kappa shape index (κ1) is 16.0. The number of rotatable bonds is 5. The number of Topliss-reactive ketones (excluding diaryl/α,β-unsaturated/α-hetero) is 1. The van der Waals surface area contributed by atoms with Crippen molar-refractivity contribution in [2.24, 2.45) is 10.2 Å². The van der Waals surface area contributed by atoms with Crippen LogP contribution in [-0.2, 0) is 6.54 Å². The van der Waals surface area contributed by atoms with Crippen LogP contribution >= 0.6 is 11.3 Å². The fraction of sp³-hybridized carbons (Fsp3) is 0.111. The molecule has 3 aromatic rings. The molecule has 0 spiro atoms. The number of azo groups is 1. The molecule has 1 aromatic heterocycles. The summed E-state index contributed by atoms with van der Waals surface area (Å²) in [6.07, 6.45) is 0. The van der Waals surface area contributed by atoms with Gasteiger partial charge in [-0.2, -0.15) is 5.11 Å². The molecule has 0 aliphatic heterocycles. The first-order chi connectivity index (χ1) is 11.6. The molecule has 2 aromatic carbocycles. The third-order valence-corrected chi connectivity index (χ3v) is 4.24. The minimum Gasteiger partial charge on any atom is -0.398 e. The number of aromatic nitrogens is 1. The lowest BCUT2D eigenvalue weighted by atomic mass is 10.1. The predicted octanol–water partition coefficient (Wildman–Crippen LogP) is 4.88. The molecule has 2 N–H and O–H groups in total. The summed E-state index contributed by atoms with van der Waals surface area (Å²) in [4.78, 5) is 15.8. The van der Waals surface area contributed by atoms with Crippen molar-refractivity contribution < 1.29 is 4.79 Å². The number of nitrogens with zero attached hydrogens (tertiary/aromatic N) is 3. The third-order valence-electron chi connectivity index (χ3n) is 3.51. The molecule has 0 fully saturated rings. The number of thiazole rings is 1. The molecule has 0 unspecified atom stereocenters. The van der Waals surface area contributed by atoms with E-state index in [9.17, 15) is 4.79 Å². The number of hydrogen-bond acceptors (Lipinski definition) is 6. The average molecular weight is 336 g/mol. The van der Waals surface area contributed by atoms with Crippen molar-refractivity contribution in [3.63, 3.8) is 0 Å². The van der Waals surface area contributed by atoms with Gasteiger partial charge in [-0.05, 0) is 18.6 Å². The lowest BCUT2D eigenvalue weighted by Crippen LogP contribution is -1.98. The normalized spacial score (nSPS) is 11.0. The summed E-state index contributed by atoms with van der Waals surface area (Å²) in [6, 6.07) is 15.2. The van der Waals surface area contributed by atoms with Crippen molar-refractivity contribution in [1.29, 1.82) is 0 Å². The zero-order valence-electron chi connectivity index (χ0n) is 13.1. The van der Waals surface area contributed by atoms with Gasteiger partial charge in [0, 0.05) is 22.2 Å². The average Bonchev–Trinajstić information content (AvgIpc) is 3.06. The molecule has 0 amide bonds. The summed E-state index contributed by atoms with van der Waals surface area (Å²) >= 11 is 1.44. The van der Waals surface area contributed by atoms with Crippen molar-refractivity contribution in [2.45, 2.75) is 13.5 Å². The van der Waals surface area contributed by atoms with Gasteiger partial charge < -0.3 is 5.73 Å². The van der Waals surface area contributed by atoms with Crippen LogP contribution in [0.25, 0.3) is 11.3 Å². The summed E-state index contributed by atoms with van der Waals surface area (Å²) in [6.45, 7) is 1.87. The predicted molar refractivity (Wildman–Crippen MR) is 96.6 cm³/mol. The van der Waals surface area contributed by atoms with Gasteiger partial charge in [-0.15, -0.1) is 16.5 Å². The van der Waals surface area contributed by atoms with Gasteiger partial charge in [0.05, 0.1) is 12.2 Å². The minimum absolute atomic E-state index is 0.00824. The molecule has 0 aliphatic rings. The maximum Gasteiger partial charge on any atom is 0.230 e. The largest absolute Gasteiger partial charge is 0.398 e. The Morgan fingerprint density at radius 3 is 2.71 bits per heavy atom. The highest BCUT2D eigenvalue weighted by Gasteiger charge is 2.05. The first-order valence-electron chi connectivity index (χ1n) is 7.41. The quantitative estimate of drug-likeness (QED) is 0.409. The van der Waals surface area contributed by atoms with Gasteiger partial charge in [-0.25, -0.2) is 4.98 Å². The SMILES string of the molecule is CC(=O)c1ccc(CN=Nc2nc(-c3ccccc3)cs2)c(N)c1. The zero-order valence-corrected chi connectivity index (χ0v) is 14.0. The van der Waals surface area contributed by atoms with Crippen molar-refractivity contribution >= 4 is 27.9 Å². The zero-order chi connectivity index (χ0) is 16.9. The van der Waals surface area contributed by atoms with Crippen LogP contribution in [0.1, 0.15) is 22.8 Å². The molecule has 24 heavy (non-hydrogen) atoms. The van der Waals surface area contributed by atoms with Gasteiger partial charge in [0.1, 0.15) is 0 Å². The summed E-state index contributed by atoms with van der Waals surface area (Å²) in [7, 11) is 0. The second-order valence-electron chi connectivity index (χ2n) is 5.25. The van der Waals surface area contributed by atoms with Crippen molar-refractivity contribution in [2.75, 3.05) is 5.73 Å². The molecule has 5 nitrogen and oxygen atoms in total. The van der Waals surface area contributed by atoms with Gasteiger partial charge in [-0.1, -0.05) is 42.5 Å². The van der Waals surface area contributed by atoms with Gasteiger partial charge in [0.15, 0.2) is 5.78 Å². The molecule has 0 radical (unpaired) electrons. The maximum atomic E-state index is 11.3. The molecule has 0 bridgehead atoms. The van der Waals surface area contributed by atoms with E-state index in [0.717, 1.165) is 16.8 Å². The molecule has 0 saturated carbocycles. The minimum atomic E-state index is -0.00824. The highest BCUT2D eigenvalue weighted by molar-refractivity contribution is 7.13. The lowest BCUT2D eigenvalue weighted by Gasteiger charge is -2.03. The van der Waals surface area contributed by atoms with Gasteiger partial charge >= 0.3 is 0 Å². The van der Waals surface area contributed by atoms with E-state index in [1.54, 1.807) is 12.1 Å². The van der Waals surface area contributed by atoms with Gasteiger partial charge in [-0.3, -0.25) is 4.79 Å². The second-order valence-corrected chi connectivity index (χ2v) is 6.09. The summed E-state index contributed by atoms with van der Waals surface area (Å²) in [5, 5.41) is 10.9. The van der Waals surface area contributed by atoms with E-state index < -0.39 is 0 Å². The van der Waals surface area contributed by atoms with Crippen LogP contribution in [0.4, 0.5) is 10.8 Å². The molecule has 0 saturated heterocycles. The highest BCUT2D eigenvalue weighted by atomic mass is 32.1. The number of anilines is 1. The van der Waals surface area contributed by atoms with E-state index in [-0.39, 0.29) is 5.78 Å². The molecular formula is C18H16N4OS. The Balaban J connectivity index is 1.69.